The fourth-order valence-electron chi connectivity index (χ4n) is 10.00. The Kier molecular flexibility index (Phi) is 6.25. The highest BCUT2D eigenvalue weighted by Gasteiger charge is 2.76. The smallest absolute Gasteiger partial charge is 0.184 e. The number of rotatable bonds is 7. The van der Waals surface area contributed by atoms with Gasteiger partial charge < -0.3 is 14.3 Å². The maximum absolute atomic E-state index is 10.4. The number of ether oxygens (including phenoxy) is 1. The van der Waals surface area contributed by atoms with Crippen LogP contribution in [0.25, 0.3) is 10.4 Å². The minimum absolute atomic E-state index is 0.0203. The van der Waals surface area contributed by atoms with Crippen LogP contribution in [0.4, 0.5) is 0 Å². The molecule has 1 saturated heterocycles. The molecule has 0 aromatic carbocycles. The molecule has 4 saturated carbocycles. The van der Waals surface area contributed by atoms with Gasteiger partial charge in [0.2, 0.25) is 0 Å². The van der Waals surface area contributed by atoms with Crippen molar-refractivity contribution in [3.8, 4) is 0 Å². The van der Waals surface area contributed by atoms with Crippen molar-refractivity contribution in [1.29, 1.82) is 0 Å². The lowest BCUT2D eigenvalue weighted by Gasteiger charge is -2.59. The van der Waals surface area contributed by atoms with Crippen molar-refractivity contribution in [2.45, 2.75) is 122 Å². The Morgan fingerprint density at radius 3 is 2.62 bits per heavy atom. The number of aliphatic hydroxyl groups excluding tert-OH is 1. The Labute approximate surface area is 207 Å². The molecule has 4 aliphatic carbocycles. The number of hydrogen-bond donors (Lipinski definition) is 1. The van der Waals surface area contributed by atoms with E-state index >= 15 is 0 Å². The van der Waals surface area contributed by atoms with E-state index in [-0.39, 0.29) is 23.2 Å². The summed E-state index contributed by atoms with van der Waals surface area (Å²) in [6.07, 6.45) is 10.7. The zero-order chi connectivity index (χ0) is 24.5. The van der Waals surface area contributed by atoms with E-state index in [4.69, 9.17) is 14.7 Å². The van der Waals surface area contributed by atoms with Crippen LogP contribution >= 0.6 is 0 Å². The molecule has 0 aromatic heterocycles. The molecule has 0 amide bonds. The van der Waals surface area contributed by atoms with E-state index in [2.05, 4.69) is 50.4 Å². The average molecular weight is 490 g/mol. The molecule has 192 valence electrons. The lowest BCUT2D eigenvalue weighted by molar-refractivity contribution is -0.117. The molecule has 7 heteroatoms. The van der Waals surface area contributed by atoms with Crippen LogP contribution in [0, 0.1) is 40.4 Å². The number of fused-ring (bicyclic) bond motifs is 4. The Morgan fingerprint density at radius 1 is 1.15 bits per heavy atom. The van der Waals surface area contributed by atoms with Crippen LogP contribution < -0.4 is 0 Å². The summed E-state index contributed by atoms with van der Waals surface area (Å²) in [5, 5.41) is 14.3. The van der Waals surface area contributed by atoms with Crippen molar-refractivity contribution in [3.63, 3.8) is 0 Å². The maximum atomic E-state index is 10.4. The summed E-state index contributed by atoms with van der Waals surface area (Å²) in [4.78, 5) is 3.02. The Hall–Kier alpha value is -0.593. The highest BCUT2D eigenvalue weighted by Crippen LogP contribution is 2.74. The highest BCUT2D eigenvalue weighted by molar-refractivity contribution is 6.69. The number of azide groups is 1. The molecule has 6 nitrogen and oxygen atoms in total. The third-order valence-corrected chi connectivity index (χ3v) is 12.4. The molecule has 0 bridgehead atoms. The van der Waals surface area contributed by atoms with Gasteiger partial charge in [-0.25, -0.2) is 0 Å². The van der Waals surface area contributed by atoms with Crippen LogP contribution in [-0.2, 0) is 9.16 Å². The first-order valence-electron chi connectivity index (χ1n) is 14.0. The van der Waals surface area contributed by atoms with Crippen molar-refractivity contribution < 1.29 is 14.3 Å². The summed E-state index contributed by atoms with van der Waals surface area (Å²) >= 11 is 0. The number of hydrogen-bond acceptors (Lipinski definition) is 4. The molecule has 0 aromatic rings. The van der Waals surface area contributed by atoms with Gasteiger partial charge in [-0.3, -0.25) is 0 Å². The van der Waals surface area contributed by atoms with Crippen LogP contribution in [0.1, 0.15) is 78.6 Å². The molecule has 1 heterocycles. The molecule has 0 radical (unpaired) electrons. The summed E-state index contributed by atoms with van der Waals surface area (Å²) in [5.41, 5.74) is 9.51. The van der Waals surface area contributed by atoms with Gasteiger partial charge in [0, 0.05) is 16.7 Å². The van der Waals surface area contributed by atoms with Crippen LogP contribution in [0.2, 0.25) is 19.6 Å². The van der Waals surface area contributed by atoms with Crippen LogP contribution in [0.3, 0.4) is 0 Å². The van der Waals surface area contributed by atoms with Gasteiger partial charge in [-0.2, -0.15) is 0 Å². The molecular formula is C27H47N3O3Si. The van der Waals surface area contributed by atoms with Crippen LogP contribution in [-0.4, -0.2) is 43.9 Å². The quantitative estimate of drug-likeness (QED) is 0.142. The standard InChI is InChI=1S/C27H47N3O3Si/c1-17(13-19(16-29-30-28)33-34(4,5)6)21-7-8-22-20-14-24-27(32-24)15-18(31)9-12-26(27,3)23(20)10-11-25(21,22)2/h17-24,31H,7-16H2,1-6H3/t17-,18?,19?,20?,21?,22?,23?,24?,25+,26+,27?/m0/s1. The van der Waals surface area contributed by atoms with Gasteiger partial charge >= 0.3 is 0 Å². The number of aliphatic hydroxyl groups is 1. The average Bonchev–Trinajstić information content (AvgIpc) is 3.31. The lowest BCUT2D eigenvalue weighted by Crippen LogP contribution is -2.58. The summed E-state index contributed by atoms with van der Waals surface area (Å²) in [6.45, 7) is 14.7. The van der Waals surface area contributed by atoms with Crippen molar-refractivity contribution >= 4 is 8.32 Å². The van der Waals surface area contributed by atoms with Gasteiger partial charge in [0.15, 0.2) is 8.32 Å². The number of nitrogens with zero attached hydrogens (tertiary/aromatic N) is 3. The van der Waals surface area contributed by atoms with E-state index in [9.17, 15) is 5.11 Å². The summed E-state index contributed by atoms with van der Waals surface area (Å²) in [7, 11) is -1.70. The Bertz CT molecular complexity index is 843. The molecule has 1 aliphatic heterocycles. The van der Waals surface area contributed by atoms with E-state index in [0.717, 1.165) is 43.4 Å². The van der Waals surface area contributed by atoms with Gasteiger partial charge in [0.1, 0.15) is 5.60 Å². The topological polar surface area (TPSA) is 90.8 Å². The van der Waals surface area contributed by atoms with Crippen molar-refractivity contribution in [2.24, 2.45) is 45.5 Å². The normalized spacial score (nSPS) is 49.0. The van der Waals surface area contributed by atoms with Gasteiger partial charge in [0.05, 0.1) is 24.9 Å². The molecule has 1 N–H and O–H groups in total. The predicted molar refractivity (Wildman–Crippen MR) is 137 cm³/mol. The Morgan fingerprint density at radius 2 is 1.91 bits per heavy atom. The van der Waals surface area contributed by atoms with Crippen molar-refractivity contribution in [2.75, 3.05) is 6.54 Å². The van der Waals surface area contributed by atoms with Gasteiger partial charge in [-0.15, -0.1) is 0 Å². The highest BCUT2D eigenvalue weighted by atomic mass is 28.4. The molecule has 5 fully saturated rings. The van der Waals surface area contributed by atoms with Crippen LogP contribution in [0.5, 0.6) is 0 Å². The zero-order valence-electron chi connectivity index (χ0n) is 22.3. The fourth-order valence-corrected chi connectivity index (χ4v) is 11.2. The first kappa shape index (κ1) is 25.1. The molecule has 5 aliphatic rings. The first-order chi connectivity index (χ1) is 15.9. The second-order valence-electron chi connectivity index (χ2n) is 14.1. The largest absolute Gasteiger partial charge is 0.415 e. The summed E-state index contributed by atoms with van der Waals surface area (Å²) < 4.78 is 13.0. The first-order valence-corrected chi connectivity index (χ1v) is 17.4. The predicted octanol–water partition coefficient (Wildman–Crippen LogP) is 6.69. The van der Waals surface area contributed by atoms with E-state index in [1.165, 1.54) is 32.1 Å². The Balaban J connectivity index is 1.32. The molecule has 34 heavy (non-hydrogen) atoms. The SMILES string of the molecule is C[C@@H](CC(CN=[N+]=[N-])O[Si](C)(C)C)C1CCC2C3CC4OC45CC(O)CC[C@]5(C)C3CC[C@@]21C. The molecular weight excluding hydrogens is 442 g/mol. The van der Waals surface area contributed by atoms with Crippen molar-refractivity contribution in [3.05, 3.63) is 10.4 Å². The second kappa shape index (κ2) is 8.48. The van der Waals surface area contributed by atoms with E-state index in [0.29, 0.717) is 29.9 Å². The third-order valence-electron chi connectivity index (χ3n) is 11.3. The molecule has 5 rings (SSSR count). The van der Waals surface area contributed by atoms with E-state index < -0.39 is 8.32 Å². The minimum atomic E-state index is -1.70. The van der Waals surface area contributed by atoms with E-state index in [1.807, 2.05) is 0 Å². The summed E-state index contributed by atoms with van der Waals surface area (Å²) in [6, 6.07) is 0. The maximum Gasteiger partial charge on any atom is 0.184 e. The summed E-state index contributed by atoms with van der Waals surface area (Å²) in [5.74, 6) is 3.60. The molecule has 1 spiro atoms. The monoisotopic (exact) mass is 489 g/mol. The number of epoxide rings is 1. The van der Waals surface area contributed by atoms with E-state index in [1.54, 1.807) is 0 Å². The van der Waals surface area contributed by atoms with Crippen LogP contribution in [0.15, 0.2) is 5.11 Å². The molecule has 11 atom stereocenters. The van der Waals surface area contributed by atoms with Gasteiger partial charge in [-0.05, 0) is 112 Å². The minimum Gasteiger partial charge on any atom is -0.415 e. The van der Waals surface area contributed by atoms with Crippen molar-refractivity contribution in [1.82, 2.24) is 0 Å². The lowest BCUT2D eigenvalue weighted by atomic mass is 9.44. The second-order valence-corrected chi connectivity index (χ2v) is 18.6. The third kappa shape index (κ3) is 3.89. The molecule has 8 unspecified atom stereocenters. The van der Waals surface area contributed by atoms with Gasteiger partial charge in [-0.1, -0.05) is 25.9 Å². The zero-order valence-corrected chi connectivity index (χ0v) is 23.3. The van der Waals surface area contributed by atoms with Gasteiger partial charge in [0.25, 0.3) is 0 Å². The fraction of sp³-hybridized carbons (Fsp3) is 1.00.